The summed E-state index contributed by atoms with van der Waals surface area (Å²) in [5.41, 5.74) is 0. The van der Waals surface area contributed by atoms with E-state index in [0.29, 0.717) is 0 Å². The summed E-state index contributed by atoms with van der Waals surface area (Å²) in [4.78, 5) is 0. The molecule has 0 rings (SSSR count). The van der Waals surface area contributed by atoms with Gasteiger partial charge in [0.1, 0.15) is 0 Å². The normalized spacial score (nSPS) is 0. The second-order valence-electron chi connectivity index (χ2n) is 0. The molecule has 0 unspecified atom stereocenters. The van der Waals surface area contributed by atoms with Gasteiger partial charge < -0.3 is 16.4 Å². The SMILES string of the molecule is O.O.[Bi].[Na+].[OH-]. The molecule has 0 saturated carbocycles. The summed E-state index contributed by atoms with van der Waals surface area (Å²) in [6.07, 6.45) is 0. The molecule has 0 saturated heterocycles. The Kier molecular flexibility index (Phi) is 608. The monoisotopic (exact) mass is 285 g/mol. The van der Waals surface area contributed by atoms with Gasteiger partial charge in [-0.3, -0.25) is 0 Å². The summed E-state index contributed by atoms with van der Waals surface area (Å²) in [6, 6.07) is 0. The van der Waals surface area contributed by atoms with Crippen LogP contribution in [0.25, 0.3) is 0 Å². The fourth-order valence-corrected chi connectivity index (χ4v) is 0. The Labute approximate surface area is 71.5 Å². The molecule has 0 amide bonds. The van der Waals surface area contributed by atoms with Crippen LogP contribution >= 0.6 is 0 Å². The summed E-state index contributed by atoms with van der Waals surface area (Å²) in [5.74, 6) is 0. The summed E-state index contributed by atoms with van der Waals surface area (Å²) in [7, 11) is 0. The molecule has 29 valence electrons. The summed E-state index contributed by atoms with van der Waals surface area (Å²) in [5, 5.41) is 0. The molecule has 0 aliphatic rings. The molecular formula is H5BiNaO3. The molecular weight excluding hydrogens is 280 g/mol. The summed E-state index contributed by atoms with van der Waals surface area (Å²) >= 11 is 0. The zero-order chi connectivity index (χ0) is 0. The Bertz CT molecular complexity index is 6.85. The van der Waals surface area contributed by atoms with Crippen molar-refractivity contribution in [1.82, 2.24) is 0 Å². The zero-order valence-electron chi connectivity index (χ0n) is 2.89. The first kappa shape index (κ1) is 72.3. The van der Waals surface area contributed by atoms with Crippen molar-refractivity contribution in [2.24, 2.45) is 0 Å². The molecule has 0 aromatic rings. The van der Waals surface area contributed by atoms with E-state index in [2.05, 4.69) is 0 Å². The van der Waals surface area contributed by atoms with E-state index < -0.39 is 0 Å². The second-order valence-corrected chi connectivity index (χ2v) is 0. The molecule has 5 heteroatoms. The van der Waals surface area contributed by atoms with Crippen molar-refractivity contribution in [2.75, 3.05) is 0 Å². The van der Waals surface area contributed by atoms with E-state index in [1.807, 2.05) is 0 Å². The molecule has 0 aromatic carbocycles. The van der Waals surface area contributed by atoms with Crippen molar-refractivity contribution in [1.29, 1.82) is 0 Å². The Morgan fingerprint density at radius 1 is 0.800 bits per heavy atom. The minimum atomic E-state index is 0. The predicted octanol–water partition coefficient (Wildman–Crippen LogP) is -5.20. The first-order valence-corrected chi connectivity index (χ1v) is 0. The van der Waals surface area contributed by atoms with E-state index in [1.165, 1.54) is 0 Å². The van der Waals surface area contributed by atoms with Gasteiger partial charge in [-0.1, -0.05) is 0 Å². The van der Waals surface area contributed by atoms with Crippen molar-refractivity contribution in [2.45, 2.75) is 0 Å². The van der Waals surface area contributed by atoms with Crippen molar-refractivity contribution >= 4 is 26.2 Å². The van der Waals surface area contributed by atoms with Crippen LogP contribution in [-0.2, 0) is 0 Å². The molecule has 5 heavy (non-hydrogen) atoms. The fourth-order valence-electron chi connectivity index (χ4n) is 0. The van der Waals surface area contributed by atoms with Crippen molar-refractivity contribution in [3.8, 4) is 0 Å². The van der Waals surface area contributed by atoms with Crippen LogP contribution in [0.1, 0.15) is 0 Å². The van der Waals surface area contributed by atoms with Crippen molar-refractivity contribution in [3.63, 3.8) is 0 Å². The van der Waals surface area contributed by atoms with Gasteiger partial charge in [0.15, 0.2) is 0 Å². The van der Waals surface area contributed by atoms with Crippen LogP contribution in [0.3, 0.4) is 0 Å². The van der Waals surface area contributed by atoms with E-state index in [9.17, 15) is 0 Å². The number of rotatable bonds is 0. The standard InChI is InChI=1S/Bi.Na.3H2O/h;;3*1H2/q;+1;;;/p-1. The van der Waals surface area contributed by atoms with Gasteiger partial charge >= 0.3 is 29.6 Å². The van der Waals surface area contributed by atoms with Crippen LogP contribution in [0.5, 0.6) is 0 Å². The molecule has 3 nitrogen and oxygen atoms in total. The number of hydrogen-bond acceptors (Lipinski definition) is 1. The van der Waals surface area contributed by atoms with E-state index >= 15 is 0 Å². The molecule has 3 radical (unpaired) electrons. The van der Waals surface area contributed by atoms with E-state index in [4.69, 9.17) is 0 Å². The van der Waals surface area contributed by atoms with Gasteiger partial charge in [0, 0.05) is 26.2 Å². The quantitative estimate of drug-likeness (QED) is 0.409. The van der Waals surface area contributed by atoms with Crippen LogP contribution < -0.4 is 29.6 Å². The minimum Gasteiger partial charge on any atom is -0.870 e. The molecule has 0 aliphatic heterocycles. The van der Waals surface area contributed by atoms with E-state index in [1.54, 1.807) is 0 Å². The van der Waals surface area contributed by atoms with Gasteiger partial charge in [0.05, 0.1) is 0 Å². The third-order valence-corrected chi connectivity index (χ3v) is 0. The third kappa shape index (κ3) is 26.3. The predicted molar refractivity (Wildman–Crippen MR) is 14.9 cm³/mol. The molecule has 0 heterocycles. The zero-order valence-corrected chi connectivity index (χ0v) is 8.37. The average molecular weight is 285 g/mol. The Morgan fingerprint density at radius 2 is 0.800 bits per heavy atom. The van der Waals surface area contributed by atoms with Gasteiger partial charge in [0.2, 0.25) is 0 Å². The van der Waals surface area contributed by atoms with Crippen LogP contribution in [-0.4, -0.2) is 42.6 Å². The maximum Gasteiger partial charge on any atom is 1.00 e. The minimum absolute atomic E-state index is 0. The smallest absolute Gasteiger partial charge is 0.870 e. The van der Waals surface area contributed by atoms with E-state index in [0.717, 1.165) is 0 Å². The summed E-state index contributed by atoms with van der Waals surface area (Å²) in [6.45, 7) is 0. The van der Waals surface area contributed by atoms with Crippen LogP contribution in [0, 0.1) is 0 Å². The fraction of sp³-hybridized carbons (Fsp3) is 0. The van der Waals surface area contributed by atoms with Crippen LogP contribution in [0.4, 0.5) is 0 Å². The van der Waals surface area contributed by atoms with Crippen molar-refractivity contribution in [3.05, 3.63) is 0 Å². The molecule has 0 bridgehead atoms. The number of hydrogen-bond donors (Lipinski definition) is 0. The molecule has 0 aromatic heterocycles. The van der Waals surface area contributed by atoms with Crippen molar-refractivity contribution < 1.29 is 46.0 Å². The first-order valence-electron chi connectivity index (χ1n) is 0. The first-order chi connectivity index (χ1) is 0. The topological polar surface area (TPSA) is 93.0 Å². The third-order valence-electron chi connectivity index (χ3n) is 0. The van der Waals surface area contributed by atoms with Gasteiger partial charge in [-0.25, -0.2) is 0 Å². The van der Waals surface area contributed by atoms with Crippen LogP contribution in [0.15, 0.2) is 0 Å². The van der Waals surface area contributed by atoms with Gasteiger partial charge in [-0.2, -0.15) is 0 Å². The molecule has 0 aliphatic carbocycles. The van der Waals surface area contributed by atoms with Crippen LogP contribution in [0.2, 0.25) is 0 Å². The molecule has 0 atom stereocenters. The van der Waals surface area contributed by atoms with E-state index in [-0.39, 0.29) is 72.2 Å². The average Bonchev–Trinajstić information content (AvgIpc) is 0. The second kappa shape index (κ2) is 42.1. The Hall–Kier alpha value is 1.76. The molecule has 0 spiro atoms. The Morgan fingerprint density at radius 3 is 0.800 bits per heavy atom. The molecule has 5 N–H and O–H groups in total. The van der Waals surface area contributed by atoms with Gasteiger partial charge in [-0.05, 0) is 0 Å². The van der Waals surface area contributed by atoms with Gasteiger partial charge in [-0.15, -0.1) is 0 Å². The maximum absolute atomic E-state index is 0. The maximum atomic E-state index is 0. The Balaban J connectivity index is 0. The van der Waals surface area contributed by atoms with Gasteiger partial charge in [0.25, 0.3) is 0 Å². The molecule has 0 fully saturated rings. The largest absolute Gasteiger partial charge is 1.00 e. The summed E-state index contributed by atoms with van der Waals surface area (Å²) < 4.78 is 0.